The van der Waals surface area contributed by atoms with Gasteiger partial charge in [0.15, 0.2) is 6.10 Å². The van der Waals surface area contributed by atoms with E-state index in [0.717, 1.165) is 29.2 Å². The molecule has 0 aliphatic rings. The molecule has 2 aromatic carbocycles. The molecule has 0 amide bonds. The Morgan fingerprint density at radius 2 is 1.88 bits per heavy atom. The first-order valence-corrected chi connectivity index (χ1v) is 10.5. The first-order chi connectivity index (χ1) is 15.1. The Labute approximate surface area is 186 Å². The first-order valence-electron chi connectivity index (χ1n) is 9.51. The number of aromatic nitrogens is 2. The van der Waals surface area contributed by atoms with Gasteiger partial charge in [0.2, 0.25) is 5.78 Å². The van der Waals surface area contributed by atoms with Gasteiger partial charge in [0.1, 0.15) is 11.4 Å². The molecule has 1 atom stereocenters. The molecule has 168 valence electrons. The summed E-state index contributed by atoms with van der Waals surface area (Å²) < 4.78 is 45.0. The van der Waals surface area contributed by atoms with Crippen LogP contribution in [0.1, 0.15) is 28.5 Å². The van der Waals surface area contributed by atoms with E-state index >= 15 is 0 Å². The summed E-state index contributed by atoms with van der Waals surface area (Å²) in [6, 6.07) is 12.6. The molecule has 0 fully saturated rings. The highest BCUT2D eigenvalue weighted by Crippen LogP contribution is 2.29. The molecule has 1 N–H and O–H groups in total. The van der Waals surface area contributed by atoms with Crippen LogP contribution in [0.15, 0.2) is 65.7 Å². The van der Waals surface area contributed by atoms with Crippen LogP contribution in [0.2, 0.25) is 0 Å². The van der Waals surface area contributed by atoms with Gasteiger partial charge in [-0.3, -0.25) is 9.48 Å². The third kappa shape index (κ3) is 5.91. The van der Waals surface area contributed by atoms with E-state index in [1.807, 2.05) is 6.07 Å². The van der Waals surface area contributed by atoms with Gasteiger partial charge >= 0.3 is 12.1 Å². The summed E-state index contributed by atoms with van der Waals surface area (Å²) in [5, 5.41) is 13.1. The SMILES string of the molecule is C[C@H](Oc1cccc(SCCn2nccc2C(=O)c2ccc(C(F)(F)F)cc2)c1)C(=O)O. The van der Waals surface area contributed by atoms with Gasteiger partial charge in [-0.25, -0.2) is 4.79 Å². The maximum Gasteiger partial charge on any atom is 0.416 e. The summed E-state index contributed by atoms with van der Waals surface area (Å²) in [5.74, 6) is -0.499. The van der Waals surface area contributed by atoms with Crippen LogP contribution in [0.25, 0.3) is 0 Å². The van der Waals surface area contributed by atoms with Crippen molar-refractivity contribution in [3.8, 4) is 5.75 Å². The smallest absolute Gasteiger partial charge is 0.416 e. The summed E-state index contributed by atoms with van der Waals surface area (Å²) in [7, 11) is 0. The van der Waals surface area contributed by atoms with E-state index in [4.69, 9.17) is 9.84 Å². The Hall–Kier alpha value is -3.27. The molecule has 0 aliphatic heterocycles. The Kier molecular flexibility index (Phi) is 7.24. The number of rotatable bonds is 9. The van der Waals surface area contributed by atoms with Crippen molar-refractivity contribution >= 4 is 23.5 Å². The van der Waals surface area contributed by atoms with E-state index in [0.29, 0.717) is 18.0 Å². The van der Waals surface area contributed by atoms with Crippen molar-refractivity contribution in [1.82, 2.24) is 9.78 Å². The van der Waals surface area contributed by atoms with Crippen molar-refractivity contribution < 1.29 is 32.6 Å². The van der Waals surface area contributed by atoms with Crippen LogP contribution < -0.4 is 4.74 Å². The second kappa shape index (κ2) is 9.90. The summed E-state index contributed by atoms with van der Waals surface area (Å²) in [5.41, 5.74) is -0.398. The standard InChI is InChI=1S/C22H19F3N2O4S/c1-14(21(29)30)31-17-3-2-4-18(13-17)32-12-11-27-19(9-10-26-27)20(28)15-5-7-16(8-6-15)22(23,24)25/h2-10,13-14H,11-12H2,1H3,(H,29,30)/t14-/m0/s1. The van der Waals surface area contributed by atoms with Gasteiger partial charge < -0.3 is 9.84 Å². The largest absolute Gasteiger partial charge is 0.479 e. The van der Waals surface area contributed by atoms with Crippen LogP contribution in [-0.2, 0) is 17.5 Å². The number of aliphatic carboxylic acids is 1. The number of hydrogen-bond donors (Lipinski definition) is 1. The van der Waals surface area contributed by atoms with E-state index < -0.39 is 29.6 Å². The van der Waals surface area contributed by atoms with Crippen molar-refractivity contribution in [2.75, 3.05) is 5.75 Å². The van der Waals surface area contributed by atoms with E-state index in [1.165, 1.54) is 35.6 Å². The normalized spacial score (nSPS) is 12.4. The molecular formula is C22H19F3N2O4S. The minimum atomic E-state index is -4.46. The summed E-state index contributed by atoms with van der Waals surface area (Å²) in [6.07, 6.45) is -3.98. The zero-order valence-corrected chi connectivity index (χ0v) is 17.7. The number of halogens is 3. The van der Waals surface area contributed by atoms with E-state index in [-0.39, 0.29) is 11.3 Å². The molecule has 0 saturated heterocycles. The summed E-state index contributed by atoms with van der Waals surface area (Å²) in [4.78, 5) is 24.5. The second-order valence-corrected chi connectivity index (χ2v) is 7.93. The van der Waals surface area contributed by atoms with E-state index in [2.05, 4.69) is 5.10 Å². The lowest BCUT2D eigenvalue weighted by Gasteiger charge is -2.11. The number of alkyl halides is 3. The lowest BCUT2D eigenvalue weighted by Crippen LogP contribution is -2.22. The minimum absolute atomic E-state index is 0.143. The molecule has 3 aromatic rings. The maximum atomic E-state index is 12.7. The van der Waals surface area contributed by atoms with Gasteiger partial charge in [0.25, 0.3) is 0 Å². The van der Waals surface area contributed by atoms with Crippen molar-refractivity contribution in [3.05, 3.63) is 77.6 Å². The van der Waals surface area contributed by atoms with Crippen LogP contribution in [0.4, 0.5) is 13.2 Å². The Balaban J connectivity index is 1.62. The molecule has 0 bridgehead atoms. The van der Waals surface area contributed by atoms with E-state index in [9.17, 15) is 22.8 Å². The molecule has 1 aromatic heterocycles. The average Bonchev–Trinajstić information content (AvgIpc) is 3.21. The third-order valence-electron chi connectivity index (χ3n) is 4.46. The van der Waals surface area contributed by atoms with Gasteiger partial charge in [-0.1, -0.05) is 18.2 Å². The van der Waals surface area contributed by atoms with Gasteiger partial charge in [0, 0.05) is 22.4 Å². The Bertz CT molecular complexity index is 1100. The molecule has 0 aliphatic carbocycles. The number of benzene rings is 2. The zero-order chi connectivity index (χ0) is 23.3. The number of carboxylic acid groups (broad SMARTS) is 1. The summed E-state index contributed by atoms with van der Waals surface area (Å²) >= 11 is 1.46. The molecule has 0 spiro atoms. The molecule has 3 rings (SSSR count). The van der Waals surface area contributed by atoms with Crippen molar-refractivity contribution in [3.63, 3.8) is 0 Å². The Morgan fingerprint density at radius 1 is 1.16 bits per heavy atom. The minimum Gasteiger partial charge on any atom is -0.479 e. The number of carbonyl (C=O) groups excluding carboxylic acids is 1. The highest BCUT2D eigenvalue weighted by Gasteiger charge is 2.30. The van der Waals surface area contributed by atoms with Crippen LogP contribution in [-0.4, -0.2) is 38.5 Å². The van der Waals surface area contributed by atoms with Crippen LogP contribution in [0, 0.1) is 0 Å². The van der Waals surface area contributed by atoms with Crippen molar-refractivity contribution in [2.45, 2.75) is 30.6 Å². The average molecular weight is 464 g/mol. The fourth-order valence-electron chi connectivity index (χ4n) is 2.80. The Morgan fingerprint density at radius 3 is 2.53 bits per heavy atom. The van der Waals surface area contributed by atoms with Gasteiger partial charge in [0.05, 0.1) is 12.1 Å². The lowest BCUT2D eigenvalue weighted by atomic mass is 10.1. The highest BCUT2D eigenvalue weighted by atomic mass is 32.2. The molecule has 0 radical (unpaired) electrons. The molecular weight excluding hydrogens is 445 g/mol. The quantitative estimate of drug-likeness (QED) is 0.363. The number of hydrogen-bond acceptors (Lipinski definition) is 5. The molecule has 32 heavy (non-hydrogen) atoms. The monoisotopic (exact) mass is 464 g/mol. The predicted octanol–water partition coefficient (Wildman–Crippen LogP) is 4.78. The fraction of sp³-hybridized carbons (Fsp3) is 0.227. The molecule has 0 unspecified atom stereocenters. The number of nitrogens with zero attached hydrogens (tertiary/aromatic N) is 2. The topological polar surface area (TPSA) is 81.4 Å². The highest BCUT2D eigenvalue weighted by molar-refractivity contribution is 7.99. The fourth-order valence-corrected chi connectivity index (χ4v) is 3.68. The van der Waals surface area contributed by atoms with Gasteiger partial charge in [-0.05, 0) is 43.3 Å². The number of ether oxygens (including phenoxy) is 1. The van der Waals surface area contributed by atoms with Crippen molar-refractivity contribution in [1.29, 1.82) is 0 Å². The zero-order valence-electron chi connectivity index (χ0n) is 16.9. The van der Waals surface area contributed by atoms with Crippen LogP contribution >= 0.6 is 11.8 Å². The lowest BCUT2D eigenvalue weighted by molar-refractivity contribution is -0.144. The maximum absolute atomic E-state index is 12.7. The number of thioether (sulfide) groups is 1. The summed E-state index contributed by atoms with van der Waals surface area (Å²) in [6.45, 7) is 1.82. The van der Waals surface area contributed by atoms with Crippen LogP contribution in [0.5, 0.6) is 5.75 Å². The van der Waals surface area contributed by atoms with Gasteiger partial charge in [-0.15, -0.1) is 11.8 Å². The second-order valence-electron chi connectivity index (χ2n) is 6.77. The van der Waals surface area contributed by atoms with Crippen LogP contribution in [0.3, 0.4) is 0 Å². The third-order valence-corrected chi connectivity index (χ3v) is 5.44. The predicted molar refractivity (Wildman–Crippen MR) is 112 cm³/mol. The molecule has 6 nitrogen and oxygen atoms in total. The number of ketones is 1. The molecule has 1 heterocycles. The number of carbonyl (C=O) groups is 2. The van der Waals surface area contributed by atoms with Crippen molar-refractivity contribution in [2.24, 2.45) is 0 Å². The number of carboxylic acids is 1. The molecule has 10 heteroatoms. The number of aryl methyl sites for hydroxylation is 1. The van der Waals surface area contributed by atoms with Gasteiger partial charge in [-0.2, -0.15) is 18.3 Å². The first kappa shape index (κ1) is 23.4. The molecule has 0 saturated carbocycles. The van der Waals surface area contributed by atoms with E-state index in [1.54, 1.807) is 18.2 Å².